The van der Waals surface area contributed by atoms with Crippen molar-refractivity contribution >= 4 is 5.96 Å². The van der Waals surface area contributed by atoms with Crippen molar-refractivity contribution in [3.63, 3.8) is 0 Å². The summed E-state index contributed by atoms with van der Waals surface area (Å²) >= 11 is 0. The molecule has 0 aromatic heterocycles. The summed E-state index contributed by atoms with van der Waals surface area (Å²) in [5.74, 6) is 2.01. The average molecular weight is 271 g/mol. The van der Waals surface area contributed by atoms with Gasteiger partial charge in [-0.15, -0.1) is 0 Å². The summed E-state index contributed by atoms with van der Waals surface area (Å²) in [6.07, 6.45) is 5.70. The molecule has 0 spiro atoms. The van der Waals surface area contributed by atoms with Crippen molar-refractivity contribution in [2.45, 2.75) is 32.2 Å². The van der Waals surface area contributed by atoms with E-state index in [1.165, 1.54) is 31.2 Å². The number of aliphatic imine (C=N–C) groups is 1. The number of nitrogens with zero attached hydrogens (tertiary/aromatic N) is 2. The Hall–Kier alpha value is -1.51. The van der Waals surface area contributed by atoms with Crippen LogP contribution in [0.4, 0.5) is 0 Å². The van der Waals surface area contributed by atoms with E-state index in [1.54, 1.807) is 0 Å². The molecule has 3 rings (SSSR count). The van der Waals surface area contributed by atoms with Crippen LogP contribution in [0.2, 0.25) is 0 Å². The van der Waals surface area contributed by atoms with Crippen LogP contribution in [0.3, 0.4) is 0 Å². The van der Waals surface area contributed by atoms with Crippen LogP contribution in [0, 0.1) is 11.3 Å². The van der Waals surface area contributed by atoms with Gasteiger partial charge in [-0.05, 0) is 42.6 Å². The minimum atomic E-state index is 0.615. The van der Waals surface area contributed by atoms with Crippen molar-refractivity contribution in [3.8, 4) is 0 Å². The van der Waals surface area contributed by atoms with Crippen molar-refractivity contribution in [1.82, 2.24) is 10.2 Å². The van der Waals surface area contributed by atoms with E-state index in [0.29, 0.717) is 5.41 Å². The fourth-order valence-electron chi connectivity index (χ4n) is 3.16. The third-order valence-corrected chi connectivity index (χ3v) is 4.77. The van der Waals surface area contributed by atoms with Crippen molar-refractivity contribution < 1.29 is 0 Å². The number of rotatable bonds is 5. The topological polar surface area (TPSA) is 27.6 Å². The molecule has 2 aliphatic rings. The zero-order valence-corrected chi connectivity index (χ0v) is 12.6. The lowest BCUT2D eigenvalue weighted by Gasteiger charge is -2.24. The number of hydrogen-bond acceptors (Lipinski definition) is 1. The highest BCUT2D eigenvalue weighted by Crippen LogP contribution is 2.60. The third-order valence-electron chi connectivity index (χ3n) is 4.77. The molecule has 1 aromatic rings. The van der Waals surface area contributed by atoms with Gasteiger partial charge in [0.25, 0.3) is 0 Å². The number of nitrogens with one attached hydrogen (secondary N) is 1. The number of guanidine groups is 1. The molecule has 1 aromatic carbocycles. The quantitative estimate of drug-likeness (QED) is 0.659. The molecule has 0 radical (unpaired) electrons. The first-order chi connectivity index (χ1) is 9.73. The van der Waals surface area contributed by atoms with Gasteiger partial charge in [-0.3, -0.25) is 4.99 Å². The van der Waals surface area contributed by atoms with E-state index < -0.39 is 0 Å². The second-order valence-electron chi connectivity index (χ2n) is 6.38. The standard InChI is InChI=1S/C17H25N3/c1-18-16(19-13-17(10-11-17)15-8-9-15)20(2)12-14-6-4-3-5-7-14/h3-7,15H,8-13H2,1-2H3,(H,18,19). The van der Waals surface area contributed by atoms with Gasteiger partial charge in [0, 0.05) is 27.2 Å². The summed E-state index contributed by atoms with van der Waals surface area (Å²) in [5.41, 5.74) is 1.94. The zero-order valence-electron chi connectivity index (χ0n) is 12.6. The first kappa shape index (κ1) is 13.5. The van der Waals surface area contributed by atoms with Crippen LogP contribution in [0.25, 0.3) is 0 Å². The van der Waals surface area contributed by atoms with Crippen LogP contribution < -0.4 is 5.32 Å². The van der Waals surface area contributed by atoms with E-state index in [4.69, 9.17) is 0 Å². The Bertz CT molecular complexity index is 472. The first-order valence-electron chi connectivity index (χ1n) is 7.69. The second kappa shape index (κ2) is 5.47. The van der Waals surface area contributed by atoms with E-state index in [1.807, 2.05) is 7.05 Å². The van der Waals surface area contributed by atoms with Crippen LogP contribution in [0.5, 0.6) is 0 Å². The Morgan fingerprint density at radius 3 is 2.55 bits per heavy atom. The van der Waals surface area contributed by atoms with Gasteiger partial charge in [-0.1, -0.05) is 30.3 Å². The minimum absolute atomic E-state index is 0.615. The lowest BCUT2D eigenvalue weighted by Crippen LogP contribution is -2.41. The van der Waals surface area contributed by atoms with Gasteiger partial charge in [0.1, 0.15) is 0 Å². The Balaban J connectivity index is 1.53. The molecule has 0 heterocycles. The highest BCUT2D eigenvalue weighted by Gasteiger charge is 2.53. The maximum Gasteiger partial charge on any atom is 0.193 e. The molecule has 1 N–H and O–H groups in total. The smallest absolute Gasteiger partial charge is 0.193 e. The summed E-state index contributed by atoms with van der Waals surface area (Å²) in [5, 5.41) is 3.59. The van der Waals surface area contributed by atoms with Crippen LogP contribution in [-0.4, -0.2) is 31.5 Å². The van der Waals surface area contributed by atoms with Gasteiger partial charge >= 0.3 is 0 Å². The number of hydrogen-bond donors (Lipinski definition) is 1. The molecular weight excluding hydrogens is 246 g/mol. The molecule has 0 bridgehead atoms. The molecule has 2 fully saturated rings. The predicted molar refractivity (Wildman–Crippen MR) is 83.7 cm³/mol. The summed E-state index contributed by atoms with van der Waals surface area (Å²) in [6.45, 7) is 2.00. The van der Waals surface area contributed by atoms with Crippen molar-refractivity contribution in [1.29, 1.82) is 0 Å². The second-order valence-corrected chi connectivity index (χ2v) is 6.38. The van der Waals surface area contributed by atoms with Crippen molar-refractivity contribution in [2.75, 3.05) is 20.6 Å². The third kappa shape index (κ3) is 2.97. The highest BCUT2D eigenvalue weighted by atomic mass is 15.3. The van der Waals surface area contributed by atoms with E-state index in [-0.39, 0.29) is 0 Å². The summed E-state index contributed by atoms with van der Waals surface area (Å²) in [4.78, 5) is 6.63. The minimum Gasteiger partial charge on any atom is -0.356 e. The Labute approximate surface area is 122 Å². The summed E-state index contributed by atoms with van der Waals surface area (Å²) < 4.78 is 0. The average Bonchev–Trinajstić information content (AvgIpc) is 3.34. The van der Waals surface area contributed by atoms with E-state index >= 15 is 0 Å². The van der Waals surface area contributed by atoms with Crippen LogP contribution >= 0.6 is 0 Å². The lowest BCUT2D eigenvalue weighted by atomic mass is 10.0. The first-order valence-corrected chi connectivity index (χ1v) is 7.69. The van der Waals surface area contributed by atoms with E-state index in [9.17, 15) is 0 Å². The number of benzene rings is 1. The fraction of sp³-hybridized carbons (Fsp3) is 0.588. The molecule has 2 saturated carbocycles. The molecule has 0 saturated heterocycles. The molecule has 3 heteroatoms. The molecule has 0 atom stereocenters. The maximum absolute atomic E-state index is 4.43. The molecule has 0 amide bonds. The Kier molecular flexibility index (Phi) is 3.68. The zero-order chi connectivity index (χ0) is 14.0. The van der Waals surface area contributed by atoms with Crippen LogP contribution in [0.1, 0.15) is 31.2 Å². The van der Waals surface area contributed by atoms with Gasteiger partial charge in [-0.25, -0.2) is 0 Å². The summed E-state index contributed by atoms with van der Waals surface area (Å²) in [7, 11) is 3.99. The Morgan fingerprint density at radius 1 is 1.30 bits per heavy atom. The van der Waals surface area contributed by atoms with Gasteiger partial charge in [0.2, 0.25) is 0 Å². The largest absolute Gasteiger partial charge is 0.356 e. The Morgan fingerprint density at radius 2 is 2.00 bits per heavy atom. The molecule has 20 heavy (non-hydrogen) atoms. The monoisotopic (exact) mass is 271 g/mol. The van der Waals surface area contributed by atoms with Gasteiger partial charge in [0.15, 0.2) is 5.96 Å². The van der Waals surface area contributed by atoms with Gasteiger partial charge in [-0.2, -0.15) is 0 Å². The van der Waals surface area contributed by atoms with Crippen molar-refractivity contribution in [2.24, 2.45) is 16.3 Å². The molecule has 108 valence electrons. The van der Waals surface area contributed by atoms with Crippen LogP contribution in [0.15, 0.2) is 35.3 Å². The molecule has 3 nitrogen and oxygen atoms in total. The van der Waals surface area contributed by atoms with E-state index in [2.05, 4.69) is 52.6 Å². The summed E-state index contributed by atoms with van der Waals surface area (Å²) in [6, 6.07) is 10.6. The SMILES string of the molecule is CN=C(NCC1(C2CC2)CC1)N(C)Cc1ccccc1. The molecule has 0 aliphatic heterocycles. The van der Waals surface area contributed by atoms with Gasteiger partial charge < -0.3 is 10.2 Å². The maximum atomic E-state index is 4.43. The fourth-order valence-corrected chi connectivity index (χ4v) is 3.16. The predicted octanol–water partition coefficient (Wildman–Crippen LogP) is 2.88. The van der Waals surface area contributed by atoms with Crippen LogP contribution in [-0.2, 0) is 6.54 Å². The van der Waals surface area contributed by atoms with Gasteiger partial charge in [0.05, 0.1) is 0 Å². The molecule has 2 aliphatic carbocycles. The highest BCUT2D eigenvalue weighted by molar-refractivity contribution is 5.79. The molecule has 0 unspecified atom stereocenters. The normalized spacial score (nSPS) is 20.6. The lowest BCUT2D eigenvalue weighted by molar-refractivity contribution is 0.409. The van der Waals surface area contributed by atoms with Crippen molar-refractivity contribution in [3.05, 3.63) is 35.9 Å². The van der Waals surface area contributed by atoms with E-state index in [0.717, 1.165) is 25.0 Å². The molecular formula is C17H25N3.